The van der Waals surface area contributed by atoms with Gasteiger partial charge in [-0.3, -0.25) is 14.4 Å². The Labute approximate surface area is 490 Å². The van der Waals surface area contributed by atoms with Crippen LogP contribution < -0.4 is 0 Å². The Morgan fingerprint density at radius 2 is 0.494 bits per heavy atom. The molecule has 0 heterocycles. The molecule has 6 heteroatoms. The molecule has 6 nitrogen and oxygen atoms in total. The highest BCUT2D eigenvalue weighted by molar-refractivity contribution is 5.71. The van der Waals surface area contributed by atoms with Crippen molar-refractivity contribution in [3.05, 3.63) is 85.1 Å². The van der Waals surface area contributed by atoms with Crippen LogP contribution in [0.1, 0.15) is 342 Å². The van der Waals surface area contributed by atoms with Crippen LogP contribution in [0.5, 0.6) is 0 Å². The molecule has 0 aromatic heterocycles. The molecule has 0 bridgehead atoms. The normalized spacial score (nSPS) is 12.6. The summed E-state index contributed by atoms with van der Waals surface area (Å²) in [5.41, 5.74) is 0. The van der Waals surface area contributed by atoms with Gasteiger partial charge in [0.2, 0.25) is 0 Å². The van der Waals surface area contributed by atoms with E-state index in [0.717, 1.165) is 103 Å². The maximum atomic E-state index is 12.9. The van der Waals surface area contributed by atoms with E-state index in [0.29, 0.717) is 19.3 Å². The van der Waals surface area contributed by atoms with E-state index in [-0.39, 0.29) is 31.1 Å². The molecular formula is C73H128O6. The third-order valence-corrected chi connectivity index (χ3v) is 14.9. The molecule has 0 radical (unpaired) electrons. The first kappa shape index (κ1) is 75.6. The second-order valence-corrected chi connectivity index (χ2v) is 22.7. The summed E-state index contributed by atoms with van der Waals surface area (Å²) in [6.07, 6.45) is 89.2. The van der Waals surface area contributed by atoms with Crippen molar-refractivity contribution in [3.63, 3.8) is 0 Å². The maximum absolute atomic E-state index is 12.9. The Kier molecular flexibility index (Phi) is 64.2. The van der Waals surface area contributed by atoms with Crippen molar-refractivity contribution in [3.8, 4) is 0 Å². The van der Waals surface area contributed by atoms with Gasteiger partial charge in [-0.2, -0.15) is 0 Å². The lowest BCUT2D eigenvalue weighted by atomic mass is 10.0. The van der Waals surface area contributed by atoms with Crippen molar-refractivity contribution in [2.24, 2.45) is 0 Å². The summed E-state index contributed by atoms with van der Waals surface area (Å²) in [4.78, 5) is 38.1. The van der Waals surface area contributed by atoms with Crippen LogP contribution in [0, 0.1) is 0 Å². The summed E-state index contributed by atoms with van der Waals surface area (Å²) in [5.74, 6) is -0.865. The van der Waals surface area contributed by atoms with Gasteiger partial charge in [-0.25, -0.2) is 0 Å². The molecule has 0 aromatic carbocycles. The molecule has 0 saturated heterocycles. The van der Waals surface area contributed by atoms with Crippen LogP contribution >= 0.6 is 0 Å². The van der Waals surface area contributed by atoms with Crippen molar-refractivity contribution in [2.75, 3.05) is 13.2 Å². The maximum Gasteiger partial charge on any atom is 0.306 e. The zero-order valence-electron chi connectivity index (χ0n) is 52.4. The average molecular weight is 1100 g/mol. The molecule has 0 aliphatic carbocycles. The van der Waals surface area contributed by atoms with E-state index >= 15 is 0 Å². The van der Waals surface area contributed by atoms with Crippen LogP contribution in [-0.2, 0) is 28.6 Å². The molecular weight excluding hydrogens is 973 g/mol. The molecule has 0 spiro atoms. The number of unbranched alkanes of at least 4 members (excludes halogenated alkanes) is 37. The van der Waals surface area contributed by atoms with E-state index in [1.165, 1.54) is 199 Å². The van der Waals surface area contributed by atoms with Gasteiger partial charge in [-0.15, -0.1) is 0 Å². The van der Waals surface area contributed by atoms with Crippen LogP contribution in [0.15, 0.2) is 85.1 Å². The number of carbonyl (C=O) groups excluding carboxylic acids is 3. The van der Waals surface area contributed by atoms with E-state index in [2.05, 4.69) is 106 Å². The minimum absolute atomic E-state index is 0.0721. The molecule has 79 heavy (non-hydrogen) atoms. The van der Waals surface area contributed by atoms with Gasteiger partial charge in [0.25, 0.3) is 0 Å². The molecule has 0 aliphatic heterocycles. The van der Waals surface area contributed by atoms with E-state index in [4.69, 9.17) is 14.2 Å². The van der Waals surface area contributed by atoms with E-state index in [1.807, 2.05) is 0 Å². The van der Waals surface area contributed by atoms with Gasteiger partial charge in [-0.05, 0) is 77.0 Å². The van der Waals surface area contributed by atoms with Gasteiger partial charge in [0.1, 0.15) is 13.2 Å². The zero-order chi connectivity index (χ0) is 57.1. The minimum Gasteiger partial charge on any atom is -0.462 e. The van der Waals surface area contributed by atoms with Gasteiger partial charge in [0.05, 0.1) is 0 Å². The predicted molar refractivity (Wildman–Crippen MR) is 344 cm³/mol. The number of allylic oxidation sites excluding steroid dienone is 14. The summed E-state index contributed by atoms with van der Waals surface area (Å²) in [6.45, 7) is 6.53. The Hall–Kier alpha value is -3.41. The molecule has 0 amide bonds. The molecule has 0 rings (SSSR count). The number of hydrogen-bond acceptors (Lipinski definition) is 6. The van der Waals surface area contributed by atoms with Crippen LogP contribution in [0.4, 0.5) is 0 Å². The second kappa shape index (κ2) is 67.1. The van der Waals surface area contributed by atoms with Gasteiger partial charge in [0, 0.05) is 19.3 Å². The lowest BCUT2D eigenvalue weighted by Gasteiger charge is -2.18. The summed E-state index contributed by atoms with van der Waals surface area (Å²) < 4.78 is 16.9. The van der Waals surface area contributed by atoms with Gasteiger partial charge >= 0.3 is 17.9 Å². The molecule has 0 aliphatic rings. The number of rotatable bonds is 62. The Bertz CT molecular complexity index is 1500. The number of carbonyl (C=O) groups is 3. The molecule has 0 saturated carbocycles. The first-order valence-electron chi connectivity index (χ1n) is 34.1. The Balaban J connectivity index is 4.07. The van der Waals surface area contributed by atoms with Crippen LogP contribution in [0.3, 0.4) is 0 Å². The van der Waals surface area contributed by atoms with Crippen molar-refractivity contribution in [2.45, 2.75) is 348 Å². The minimum atomic E-state index is -0.772. The summed E-state index contributed by atoms with van der Waals surface area (Å²) >= 11 is 0. The fourth-order valence-corrected chi connectivity index (χ4v) is 9.84. The van der Waals surface area contributed by atoms with Crippen LogP contribution in [-0.4, -0.2) is 37.2 Å². The molecule has 0 N–H and O–H groups in total. The lowest BCUT2D eigenvalue weighted by Crippen LogP contribution is -2.30. The van der Waals surface area contributed by atoms with E-state index in [9.17, 15) is 14.4 Å². The number of ether oxygens (including phenoxy) is 3. The number of hydrogen-bond donors (Lipinski definition) is 0. The van der Waals surface area contributed by atoms with Crippen molar-refractivity contribution < 1.29 is 28.6 Å². The Morgan fingerprint density at radius 1 is 0.266 bits per heavy atom. The zero-order valence-corrected chi connectivity index (χ0v) is 52.4. The van der Waals surface area contributed by atoms with Crippen molar-refractivity contribution in [1.29, 1.82) is 0 Å². The van der Waals surface area contributed by atoms with Crippen LogP contribution in [0.2, 0.25) is 0 Å². The number of esters is 3. The SMILES string of the molecule is CC/C=C\C/C=C\C/C=C\C/C=C\C/C=C\C/C=C\C/C=C\CCCCCCCCCCCCCC(=O)OCC(COC(=O)CCCCCCCCC)OC(=O)CCCCCCCCCCCCCCCCCCCCCCC. The smallest absolute Gasteiger partial charge is 0.306 e. The summed E-state index contributed by atoms with van der Waals surface area (Å²) in [6, 6.07) is 0. The van der Waals surface area contributed by atoms with Crippen molar-refractivity contribution in [1.82, 2.24) is 0 Å². The summed E-state index contributed by atoms with van der Waals surface area (Å²) in [7, 11) is 0. The fourth-order valence-electron chi connectivity index (χ4n) is 9.84. The monoisotopic (exact) mass is 1100 g/mol. The lowest BCUT2D eigenvalue weighted by molar-refractivity contribution is -0.167. The van der Waals surface area contributed by atoms with Gasteiger partial charge in [-0.1, -0.05) is 331 Å². The molecule has 1 unspecified atom stereocenters. The predicted octanol–water partition coefficient (Wildman–Crippen LogP) is 23.4. The Morgan fingerprint density at radius 3 is 0.772 bits per heavy atom. The molecule has 0 fully saturated rings. The third-order valence-electron chi connectivity index (χ3n) is 14.9. The quantitative estimate of drug-likeness (QED) is 0.0261. The van der Waals surface area contributed by atoms with Crippen molar-refractivity contribution >= 4 is 17.9 Å². The largest absolute Gasteiger partial charge is 0.462 e. The topological polar surface area (TPSA) is 78.9 Å². The summed E-state index contributed by atoms with van der Waals surface area (Å²) in [5, 5.41) is 0. The average Bonchev–Trinajstić information content (AvgIpc) is 3.45. The highest BCUT2D eigenvalue weighted by atomic mass is 16.6. The molecule has 1 atom stereocenters. The van der Waals surface area contributed by atoms with E-state index in [1.54, 1.807) is 0 Å². The highest BCUT2D eigenvalue weighted by Gasteiger charge is 2.19. The fraction of sp³-hybridized carbons (Fsp3) is 0.767. The first-order valence-corrected chi connectivity index (χ1v) is 34.1. The molecule has 0 aromatic rings. The van der Waals surface area contributed by atoms with E-state index < -0.39 is 6.10 Å². The first-order chi connectivity index (χ1) is 39.0. The van der Waals surface area contributed by atoms with Gasteiger partial charge < -0.3 is 14.2 Å². The van der Waals surface area contributed by atoms with Gasteiger partial charge in [0.15, 0.2) is 6.10 Å². The third kappa shape index (κ3) is 65.3. The highest BCUT2D eigenvalue weighted by Crippen LogP contribution is 2.18. The second-order valence-electron chi connectivity index (χ2n) is 22.7. The van der Waals surface area contributed by atoms with Crippen LogP contribution in [0.25, 0.3) is 0 Å². The molecule has 456 valence electrons. The standard InChI is InChI=1S/C73H128O6/c1-4-7-10-13-16-18-20-22-24-26-28-30-31-32-33-34-35-36-37-38-39-40-41-43-44-46-48-50-52-54-57-60-63-66-72(75)78-69-70(68-77-71(74)65-62-59-56-15-12-9-6-3)79-73(76)67-64-61-58-55-53-51-49-47-45-42-29-27-25-23-21-19-17-14-11-8-5-2/h7,10,16,18,22,24,28,30,32-33,35-36,38-39,70H,4-6,8-9,11-15,17,19-21,23,25-27,29,31,34,37,40-69H2,1-3H3/b10-7-,18-16-,24-22-,30-28-,33-32-,36-35-,39-38-.